The summed E-state index contributed by atoms with van der Waals surface area (Å²) < 4.78 is 1.32. The predicted molar refractivity (Wildman–Crippen MR) is 88.0 cm³/mol. The monoisotopic (exact) mass is 312 g/mol. The first kappa shape index (κ1) is 15.4. The number of pyridine rings is 1. The lowest BCUT2D eigenvalue weighted by atomic mass is 9.97. The Balaban J connectivity index is 1.58. The number of allylic oxidation sites excluding steroid dienone is 1. The fourth-order valence-electron chi connectivity index (χ4n) is 2.82. The Morgan fingerprint density at radius 1 is 1.30 bits per heavy atom. The number of carbonyl (C=O) groups is 1. The van der Waals surface area contributed by atoms with Gasteiger partial charge in [0.05, 0.1) is 5.39 Å². The number of aromatic nitrogens is 3. The molecule has 0 radical (unpaired) electrons. The van der Waals surface area contributed by atoms with Gasteiger partial charge in [0.25, 0.3) is 5.56 Å². The van der Waals surface area contributed by atoms with Gasteiger partial charge in [-0.2, -0.15) is 0 Å². The number of hydrogen-bond donors (Lipinski definition) is 1. The molecule has 0 fully saturated rings. The molecule has 2 aromatic heterocycles. The molecule has 1 aliphatic carbocycles. The first-order valence-electron chi connectivity index (χ1n) is 7.99. The van der Waals surface area contributed by atoms with E-state index in [9.17, 15) is 9.59 Å². The quantitative estimate of drug-likeness (QED) is 0.854. The topological polar surface area (TPSA) is 76.9 Å². The lowest BCUT2D eigenvalue weighted by Crippen LogP contribution is -2.33. The molecule has 6 heteroatoms. The Bertz CT molecular complexity index is 795. The molecular formula is C17H20N4O2. The molecule has 1 amide bonds. The zero-order valence-electron chi connectivity index (χ0n) is 13.0. The third kappa shape index (κ3) is 3.83. The Kier molecular flexibility index (Phi) is 4.80. The zero-order valence-corrected chi connectivity index (χ0v) is 13.0. The highest BCUT2D eigenvalue weighted by atomic mass is 16.2. The van der Waals surface area contributed by atoms with E-state index in [-0.39, 0.29) is 18.0 Å². The molecule has 6 nitrogen and oxygen atoms in total. The van der Waals surface area contributed by atoms with Crippen LogP contribution in [0.15, 0.2) is 41.1 Å². The number of carbonyl (C=O) groups excluding carboxylic acids is 1. The van der Waals surface area contributed by atoms with Crippen LogP contribution in [0.25, 0.3) is 11.0 Å². The van der Waals surface area contributed by atoms with Crippen LogP contribution in [0.4, 0.5) is 0 Å². The van der Waals surface area contributed by atoms with Crippen molar-refractivity contribution in [2.45, 2.75) is 38.6 Å². The van der Waals surface area contributed by atoms with Crippen molar-refractivity contribution in [1.82, 2.24) is 19.9 Å². The molecule has 0 saturated heterocycles. The van der Waals surface area contributed by atoms with E-state index < -0.39 is 0 Å². The summed E-state index contributed by atoms with van der Waals surface area (Å²) >= 11 is 0. The van der Waals surface area contributed by atoms with Crippen LogP contribution in [0.2, 0.25) is 0 Å². The molecule has 120 valence electrons. The highest BCUT2D eigenvalue weighted by Crippen LogP contribution is 2.19. The van der Waals surface area contributed by atoms with Crippen LogP contribution in [0, 0.1) is 0 Å². The Morgan fingerprint density at radius 2 is 2.22 bits per heavy atom. The average molecular weight is 312 g/mol. The van der Waals surface area contributed by atoms with Gasteiger partial charge >= 0.3 is 0 Å². The van der Waals surface area contributed by atoms with Crippen molar-refractivity contribution >= 4 is 16.9 Å². The van der Waals surface area contributed by atoms with E-state index in [2.05, 4.69) is 21.4 Å². The second-order valence-electron chi connectivity index (χ2n) is 5.76. The third-order valence-corrected chi connectivity index (χ3v) is 4.06. The lowest BCUT2D eigenvalue weighted by molar-refractivity contribution is -0.121. The molecule has 0 saturated carbocycles. The number of hydrogen-bond acceptors (Lipinski definition) is 4. The molecule has 0 aliphatic heterocycles. The molecule has 3 rings (SSSR count). The van der Waals surface area contributed by atoms with Crippen LogP contribution in [0.3, 0.4) is 0 Å². The molecule has 2 heterocycles. The van der Waals surface area contributed by atoms with Crippen LogP contribution in [-0.2, 0) is 11.3 Å². The molecule has 0 aromatic carbocycles. The van der Waals surface area contributed by atoms with Crippen molar-refractivity contribution in [2.24, 2.45) is 0 Å². The molecule has 2 aromatic rings. The second kappa shape index (κ2) is 7.17. The maximum atomic E-state index is 12.3. The smallest absolute Gasteiger partial charge is 0.263 e. The summed E-state index contributed by atoms with van der Waals surface area (Å²) in [6.45, 7) is 0.595. The molecule has 0 spiro atoms. The van der Waals surface area contributed by atoms with Crippen molar-refractivity contribution in [1.29, 1.82) is 0 Å². The van der Waals surface area contributed by atoms with E-state index in [1.165, 1.54) is 29.3 Å². The third-order valence-electron chi connectivity index (χ3n) is 4.06. The number of fused-ring (bicyclic) bond motifs is 1. The largest absolute Gasteiger partial charge is 0.354 e. The summed E-state index contributed by atoms with van der Waals surface area (Å²) in [5, 5.41) is 3.30. The summed E-state index contributed by atoms with van der Waals surface area (Å²) in [5.74, 6) is -0.173. The van der Waals surface area contributed by atoms with E-state index in [1.54, 1.807) is 18.3 Å². The second-order valence-corrected chi connectivity index (χ2v) is 5.76. The van der Waals surface area contributed by atoms with Gasteiger partial charge in [0.15, 0.2) is 5.65 Å². The number of nitrogens with zero attached hydrogens (tertiary/aromatic N) is 3. The van der Waals surface area contributed by atoms with Crippen molar-refractivity contribution < 1.29 is 4.79 Å². The highest BCUT2D eigenvalue weighted by Gasteiger charge is 2.09. The van der Waals surface area contributed by atoms with E-state index in [1.807, 2.05) is 0 Å². The number of nitrogens with one attached hydrogen (secondary N) is 1. The van der Waals surface area contributed by atoms with Gasteiger partial charge < -0.3 is 5.32 Å². The summed E-state index contributed by atoms with van der Waals surface area (Å²) in [7, 11) is 0. The molecule has 0 bridgehead atoms. The SMILES string of the molecule is O=C(Cn1cnc2ncccc2c1=O)NCCC1=CCCCC1. The maximum Gasteiger partial charge on any atom is 0.263 e. The summed E-state index contributed by atoms with van der Waals surface area (Å²) in [4.78, 5) is 32.4. The first-order valence-corrected chi connectivity index (χ1v) is 7.99. The van der Waals surface area contributed by atoms with Crippen LogP contribution >= 0.6 is 0 Å². The van der Waals surface area contributed by atoms with Gasteiger partial charge in [0.2, 0.25) is 5.91 Å². The molecular weight excluding hydrogens is 292 g/mol. The number of amides is 1. The van der Waals surface area contributed by atoms with Gasteiger partial charge in [0, 0.05) is 12.7 Å². The fourth-order valence-corrected chi connectivity index (χ4v) is 2.82. The van der Waals surface area contributed by atoms with E-state index in [0.29, 0.717) is 17.6 Å². The minimum atomic E-state index is -0.242. The van der Waals surface area contributed by atoms with Gasteiger partial charge in [-0.25, -0.2) is 9.97 Å². The number of rotatable bonds is 5. The molecule has 1 aliphatic rings. The first-order chi connectivity index (χ1) is 11.2. The highest BCUT2D eigenvalue weighted by molar-refractivity contribution is 5.77. The Hall–Kier alpha value is -2.50. The Morgan fingerprint density at radius 3 is 3.04 bits per heavy atom. The van der Waals surface area contributed by atoms with E-state index >= 15 is 0 Å². The fraction of sp³-hybridized carbons (Fsp3) is 0.412. The predicted octanol–water partition coefficient (Wildman–Crippen LogP) is 1.80. The standard InChI is InChI=1S/C17H20N4O2/c22-15(18-10-8-13-5-2-1-3-6-13)11-21-12-20-16-14(17(21)23)7-4-9-19-16/h4-5,7,9,12H,1-3,6,8,10-11H2,(H,18,22). The van der Waals surface area contributed by atoms with E-state index in [4.69, 9.17) is 0 Å². The van der Waals surface area contributed by atoms with Crippen molar-refractivity contribution in [3.8, 4) is 0 Å². The average Bonchev–Trinajstić information content (AvgIpc) is 2.59. The summed E-state index contributed by atoms with van der Waals surface area (Å²) in [6, 6.07) is 3.36. The van der Waals surface area contributed by atoms with Gasteiger partial charge in [0.1, 0.15) is 12.9 Å². The molecule has 23 heavy (non-hydrogen) atoms. The molecule has 1 N–H and O–H groups in total. The van der Waals surface area contributed by atoms with Crippen molar-refractivity contribution in [3.63, 3.8) is 0 Å². The minimum absolute atomic E-state index is 0.0181. The maximum absolute atomic E-state index is 12.3. The van der Waals surface area contributed by atoms with Gasteiger partial charge in [-0.15, -0.1) is 0 Å². The Labute approximate surface area is 134 Å². The van der Waals surface area contributed by atoms with Gasteiger partial charge in [-0.3, -0.25) is 14.2 Å². The van der Waals surface area contributed by atoms with Crippen LogP contribution in [-0.4, -0.2) is 27.0 Å². The molecule has 0 atom stereocenters. The lowest BCUT2D eigenvalue weighted by Gasteiger charge is -2.13. The van der Waals surface area contributed by atoms with Gasteiger partial charge in [-0.05, 0) is 44.2 Å². The van der Waals surface area contributed by atoms with Crippen LogP contribution < -0.4 is 10.9 Å². The van der Waals surface area contributed by atoms with E-state index in [0.717, 1.165) is 19.3 Å². The van der Waals surface area contributed by atoms with Crippen LogP contribution in [0.5, 0.6) is 0 Å². The normalized spacial score (nSPS) is 14.5. The minimum Gasteiger partial charge on any atom is -0.354 e. The summed E-state index contributed by atoms with van der Waals surface area (Å²) in [5.41, 5.74) is 1.58. The van der Waals surface area contributed by atoms with Crippen LogP contribution in [0.1, 0.15) is 32.1 Å². The zero-order chi connectivity index (χ0) is 16.1. The van der Waals surface area contributed by atoms with Gasteiger partial charge in [-0.1, -0.05) is 11.6 Å². The summed E-state index contributed by atoms with van der Waals surface area (Å²) in [6.07, 6.45) is 10.9. The molecule has 0 unspecified atom stereocenters. The van der Waals surface area contributed by atoms with Crippen molar-refractivity contribution in [2.75, 3.05) is 6.54 Å². The van der Waals surface area contributed by atoms with Crippen molar-refractivity contribution in [3.05, 3.63) is 46.7 Å².